The second-order valence-electron chi connectivity index (χ2n) is 3.71. The van der Waals surface area contributed by atoms with Crippen LogP contribution in [0.15, 0.2) is 0 Å². The number of rotatable bonds is 4. The molecule has 1 heterocycles. The molecule has 1 N–H and O–H groups in total. The molecule has 5 nitrogen and oxygen atoms in total. The van der Waals surface area contributed by atoms with Gasteiger partial charge >= 0.3 is 5.97 Å². The highest BCUT2D eigenvalue weighted by Crippen LogP contribution is 2.11. The van der Waals surface area contributed by atoms with Gasteiger partial charge in [-0.1, -0.05) is 0 Å². The summed E-state index contributed by atoms with van der Waals surface area (Å²) in [6.07, 6.45) is 1.62. The van der Waals surface area contributed by atoms with Gasteiger partial charge < -0.3 is 10.1 Å². The van der Waals surface area contributed by atoms with E-state index in [2.05, 4.69) is 10.1 Å². The van der Waals surface area contributed by atoms with Crippen LogP contribution in [-0.2, 0) is 19.4 Å². The first-order valence-electron chi connectivity index (χ1n) is 5.04. The smallest absolute Gasteiger partial charge is 0.306 e. The normalized spacial score (nSPS) is 21.1. The minimum absolute atomic E-state index is 0.221. The molecule has 0 amide bonds. The zero-order valence-corrected chi connectivity index (χ0v) is 9.68. The van der Waals surface area contributed by atoms with E-state index in [1.165, 1.54) is 7.11 Å². The molecule has 1 aliphatic rings. The van der Waals surface area contributed by atoms with Gasteiger partial charge in [0.15, 0.2) is 0 Å². The van der Waals surface area contributed by atoms with Gasteiger partial charge in [0.05, 0.1) is 25.0 Å². The lowest BCUT2D eigenvalue weighted by Gasteiger charge is -2.22. The molecule has 1 saturated heterocycles. The van der Waals surface area contributed by atoms with E-state index in [9.17, 15) is 13.2 Å². The number of methoxy groups -OCH3 is 1. The number of hydrogen-bond donors (Lipinski definition) is 1. The molecule has 1 aliphatic heterocycles. The summed E-state index contributed by atoms with van der Waals surface area (Å²) in [5.41, 5.74) is 0. The maximum Gasteiger partial charge on any atom is 0.306 e. The molecule has 0 unspecified atom stereocenters. The highest BCUT2D eigenvalue weighted by Gasteiger charge is 2.22. The van der Waals surface area contributed by atoms with Gasteiger partial charge in [-0.15, -0.1) is 0 Å². The van der Waals surface area contributed by atoms with Gasteiger partial charge in [-0.25, -0.2) is 8.42 Å². The molecule has 1 fully saturated rings. The third kappa shape index (κ3) is 4.61. The van der Waals surface area contributed by atoms with E-state index >= 15 is 0 Å². The Hall–Kier alpha value is -0.620. The predicted molar refractivity (Wildman–Crippen MR) is 56.3 cm³/mol. The lowest BCUT2D eigenvalue weighted by Crippen LogP contribution is -2.38. The maximum atomic E-state index is 11.1. The number of hydrogen-bond acceptors (Lipinski definition) is 5. The van der Waals surface area contributed by atoms with Crippen LogP contribution in [0.5, 0.6) is 0 Å². The molecule has 0 aromatic rings. The molecule has 0 atom stereocenters. The van der Waals surface area contributed by atoms with Crippen molar-refractivity contribution in [2.24, 2.45) is 0 Å². The molecule has 88 valence electrons. The van der Waals surface area contributed by atoms with E-state index in [1.54, 1.807) is 0 Å². The van der Waals surface area contributed by atoms with Crippen LogP contribution in [-0.4, -0.2) is 45.6 Å². The molecular weight excluding hydrogens is 218 g/mol. The van der Waals surface area contributed by atoms with Crippen molar-refractivity contribution in [2.45, 2.75) is 25.3 Å². The van der Waals surface area contributed by atoms with E-state index in [4.69, 9.17) is 0 Å². The Morgan fingerprint density at radius 3 is 2.53 bits per heavy atom. The van der Waals surface area contributed by atoms with Crippen molar-refractivity contribution < 1.29 is 17.9 Å². The Labute approximate surface area is 90.1 Å². The highest BCUT2D eigenvalue weighted by atomic mass is 32.2. The van der Waals surface area contributed by atoms with Gasteiger partial charge in [-0.05, 0) is 12.8 Å². The van der Waals surface area contributed by atoms with Crippen LogP contribution < -0.4 is 5.32 Å². The average molecular weight is 235 g/mol. The Bertz CT molecular complexity index is 298. The number of ether oxygens (including phenoxy) is 1. The van der Waals surface area contributed by atoms with E-state index in [-0.39, 0.29) is 23.5 Å². The highest BCUT2D eigenvalue weighted by molar-refractivity contribution is 7.91. The molecule has 0 aromatic carbocycles. The average Bonchev–Trinajstić information content (AvgIpc) is 2.20. The summed E-state index contributed by atoms with van der Waals surface area (Å²) < 4.78 is 26.7. The van der Waals surface area contributed by atoms with Gasteiger partial charge in [0, 0.05) is 12.6 Å². The summed E-state index contributed by atoms with van der Waals surface area (Å²) in [7, 11) is -1.44. The predicted octanol–water partition coefficient (Wildman–Crippen LogP) is -0.284. The molecule has 0 spiro atoms. The summed E-state index contributed by atoms with van der Waals surface area (Å²) in [6, 6.07) is 0.221. The summed E-state index contributed by atoms with van der Waals surface area (Å²) >= 11 is 0. The van der Waals surface area contributed by atoms with Gasteiger partial charge in [0.25, 0.3) is 0 Å². The van der Waals surface area contributed by atoms with Crippen molar-refractivity contribution in [1.29, 1.82) is 0 Å². The summed E-state index contributed by atoms with van der Waals surface area (Å²) in [6.45, 7) is 0.553. The quantitative estimate of drug-likeness (QED) is 0.678. The van der Waals surface area contributed by atoms with E-state index in [0.717, 1.165) is 0 Å². The fourth-order valence-electron chi connectivity index (χ4n) is 1.57. The zero-order valence-electron chi connectivity index (χ0n) is 8.86. The van der Waals surface area contributed by atoms with Gasteiger partial charge in [-0.2, -0.15) is 0 Å². The molecule has 1 rings (SSSR count). The van der Waals surface area contributed by atoms with Gasteiger partial charge in [0.2, 0.25) is 0 Å². The van der Waals surface area contributed by atoms with Crippen LogP contribution in [0.25, 0.3) is 0 Å². The molecule has 0 aromatic heterocycles. The monoisotopic (exact) mass is 235 g/mol. The van der Waals surface area contributed by atoms with Gasteiger partial charge in [0.1, 0.15) is 9.84 Å². The largest absolute Gasteiger partial charge is 0.469 e. The van der Waals surface area contributed by atoms with Crippen molar-refractivity contribution in [2.75, 3.05) is 25.2 Å². The molecule has 0 saturated carbocycles. The van der Waals surface area contributed by atoms with E-state index < -0.39 is 9.84 Å². The lowest BCUT2D eigenvalue weighted by molar-refractivity contribution is -0.140. The minimum Gasteiger partial charge on any atom is -0.469 e. The fourth-order valence-corrected chi connectivity index (χ4v) is 3.07. The van der Waals surface area contributed by atoms with Gasteiger partial charge in [-0.3, -0.25) is 4.79 Å². The molecule has 0 radical (unpaired) electrons. The van der Waals surface area contributed by atoms with Crippen LogP contribution in [0.2, 0.25) is 0 Å². The summed E-state index contributed by atoms with van der Waals surface area (Å²) in [5.74, 6) is 0.261. The third-order valence-electron chi connectivity index (χ3n) is 2.54. The standard InChI is InChI=1S/C9H17NO4S/c1-14-9(11)2-5-10-8-3-6-15(12,13)7-4-8/h8,10H,2-7H2,1H3. The van der Waals surface area contributed by atoms with Crippen molar-refractivity contribution in [3.05, 3.63) is 0 Å². The van der Waals surface area contributed by atoms with Crippen molar-refractivity contribution >= 4 is 15.8 Å². The minimum atomic E-state index is -2.79. The summed E-state index contributed by atoms with van der Waals surface area (Å²) in [5, 5.41) is 3.16. The number of nitrogens with one attached hydrogen (secondary N) is 1. The first-order valence-corrected chi connectivity index (χ1v) is 6.86. The van der Waals surface area contributed by atoms with Crippen LogP contribution in [0.1, 0.15) is 19.3 Å². The van der Waals surface area contributed by atoms with Crippen LogP contribution in [0, 0.1) is 0 Å². The zero-order chi connectivity index (χ0) is 11.3. The van der Waals surface area contributed by atoms with Crippen LogP contribution in [0.4, 0.5) is 0 Å². The second kappa shape index (κ2) is 5.46. The van der Waals surface area contributed by atoms with Crippen LogP contribution >= 0.6 is 0 Å². The topological polar surface area (TPSA) is 72.5 Å². The Kier molecular flexibility index (Phi) is 4.53. The Morgan fingerprint density at radius 1 is 1.40 bits per heavy atom. The van der Waals surface area contributed by atoms with E-state index in [0.29, 0.717) is 25.8 Å². The maximum absolute atomic E-state index is 11.1. The lowest BCUT2D eigenvalue weighted by atomic mass is 10.1. The number of esters is 1. The fraction of sp³-hybridized carbons (Fsp3) is 0.889. The molecule has 6 heteroatoms. The van der Waals surface area contributed by atoms with Crippen molar-refractivity contribution in [3.63, 3.8) is 0 Å². The van der Waals surface area contributed by atoms with Crippen molar-refractivity contribution in [3.8, 4) is 0 Å². The number of carbonyl (C=O) groups is 1. The SMILES string of the molecule is COC(=O)CCNC1CCS(=O)(=O)CC1. The van der Waals surface area contributed by atoms with E-state index in [1.807, 2.05) is 0 Å². The molecule has 0 bridgehead atoms. The molecular formula is C9H17NO4S. The Balaban J connectivity index is 2.17. The second-order valence-corrected chi connectivity index (χ2v) is 6.01. The van der Waals surface area contributed by atoms with Crippen LogP contribution in [0.3, 0.4) is 0 Å². The first kappa shape index (κ1) is 12.4. The summed E-state index contributed by atoms with van der Waals surface area (Å²) in [4.78, 5) is 10.8. The number of carbonyl (C=O) groups excluding carboxylic acids is 1. The molecule has 15 heavy (non-hydrogen) atoms. The third-order valence-corrected chi connectivity index (χ3v) is 4.26. The first-order chi connectivity index (χ1) is 7.03. The number of sulfone groups is 1. The molecule has 0 aliphatic carbocycles. The Morgan fingerprint density at radius 2 is 2.00 bits per heavy atom. The van der Waals surface area contributed by atoms with Crippen molar-refractivity contribution in [1.82, 2.24) is 5.32 Å².